The third-order valence-electron chi connectivity index (χ3n) is 6.41. The average molecular weight is 584 g/mol. The molecule has 0 heterocycles. The fourth-order valence-electron chi connectivity index (χ4n) is 3.77. The minimum absolute atomic E-state index is 0.523. The van der Waals surface area contributed by atoms with Crippen molar-refractivity contribution >= 4 is 11.4 Å². The molecule has 0 atom stereocenters. The number of hydrogen-bond acceptors (Lipinski definition) is 5. The van der Waals surface area contributed by atoms with E-state index in [9.17, 15) is 0 Å². The van der Waals surface area contributed by atoms with Gasteiger partial charge in [0.1, 0.15) is 0 Å². The summed E-state index contributed by atoms with van der Waals surface area (Å²) in [6.45, 7) is 26.7. The molecule has 0 bridgehead atoms. The maximum Gasteiger partial charge on any atom is 0.0743 e. The molecule has 5 heteroatoms. The van der Waals surface area contributed by atoms with Crippen LogP contribution in [0.4, 0.5) is 5.69 Å². The van der Waals surface area contributed by atoms with E-state index in [1.165, 1.54) is 44.2 Å². The molecule has 0 spiro atoms. The van der Waals surface area contributed by atoms with Crippen molar-refractivity contribution in [1.82, 2.24) is 5.32 Å². The Kier molecular flexibility index (Phi) is 28.2. The van der Waals surface area contributed by atoms with Crippen LogP contribution in [0.5, 0.6) is 0 Å². The van der Waals surface area contributed by atoms with E-state index in [2.05, 4.69) is 103 Å². The summed E-state index contributed by atoms with van der Waals surface area (Å²) in [6, 6.07) is 8.88. The van der Waals surface area contributed by atoms with Crippen molar-refractivity contribution in [2.45, 2.75) is 113 Å². The molecular formula is C37H65N3O2. The molecule has 240 valence electrons. The number of aliphatic imine (C=N–C) groups is 1. The van der Waals surface area contributed by atoms with Gasteiger partial charge in [-0.15, -0.1) is 0 Å². The van der Waals surface area contributed by atoms with Crippen LogP contribution >= 0.6 is 0 Å². The number of unbranched alkanes of at least 4 members (excludes halogenated alkanes) is 1. The van der Waals surface area contributed by atoms with Crippen LogP contribution in [0.25, 0.3) is 0 Å². The number of allylic oxidation sites excluding steroid dienone is 5. The zero-order chi connectivity index (χ0) is 32.2. The van der Waals surface area contributed by atoms with E-state index in [0.717, 1.165) is 46.6 Å². The second-order valence-corrected chi connectivity index (χ2v) is 10.6. The van der Waals surface area contributed by atoms with E-state index < -0.39 is 0 Å². The fraction of sp³-hybridized carbons (Fsp3) is 0.595. The summed E-state index contributed by atoms with van der Waals surface area (Å²) in [6.07, 6.45) is 13.7. The number of ether oxygens (including phenoxy) is 2. The Labute approximate surface area is 260 Å². The molecule has 1 aromatic carbocycles. The number of nitrogens with zero attached hydrogens (tertiary/aromatic N) is 1. The SMILES string of the molecule is C=C(C)COCCOC.C=C/C(C)=C(C)/N=C(/C=C(\CCC)NC(CCC)CCC)c1ccccc1NC.CCCC. The Morgan fingerprint density at radius 1 is 0.929 bits per heavy atom. The van der Waals surface area contributed by atoms with E-state index in [-0.39, 0.29) is 0 Å². The number of benzene rings is 1. The first-order chi connectivity index (χ1) is 20.2. The van der Waals surface area contributed by atoms with Crippen LogP contribution < -0.4 is 10.6 Å². The van der Waals surface area contributed by atoms with Crippen molar-refractivity contribution in [2.24, 2.45) is 4.99 Å². The summed E-state index contributed by atoms with van der Waals surface area (Å²) in [4.78, 5) is 5.02. The summed E-state index contributed by atoms with van der Waals surface area (Å²) in [7, 11) is 3.62. The number of rotatable bonds is 19. The van der Waals surface area contributed by atoms with Gasteiger partial charge in [0.2, 0.25) is 0 Å². The van der Waals surface area contributed by atoms with E-state index >= 15 is 0 Å². The van der Waals surface area contributed by atoms with Crippen molar-refractivity contribution < 1.29 is 9.47 Å². The third-order valence-corrected chi connectivity index (χ3v) is 6.41. The Hall–Kier alpha value is -2.63. The van der Waals surface area contributed by atoms with Gasteiger partial charge in [-0.2, -0.15) is 0 Å². The topological polar surface area (TPSA) is 54.9 Å². The predicted molar refractivity (Wildman–Crippen MR) is 189 cm³/mol. The van der Waals surface area contributed by atoms with E-state index in [4.69, 9.17) is 14.5 Å². The summed E-state index contributed by atoms with van der Waals surface area (Å²) in [5.74, 6) is 0. The van der Waals surface area contributed by atoms with Gasteiger partial charge in [0.15, 0.2) is 0 Å². The number of nitrogens with one attached hydrogen (secondary N) is 2. The van der Waals surface area contributed by atoms with Gasteiger partial charge in [-0.05, 0) is 57.7 Å². The lowest BCUT2D eigenvalue weighted by atomic mass is 10.0. The molecule has 0 amide bonds. The van der Waals surface area contributed by atoms with Gasteiger partial charge in [0.05, 0.1) is 25.5 Å². The van der Waals surface area contributed by atoms with Crippen LogP contribution in [0.1, 0.15) is 112 Å². The molecule has 1 rings (SSSR count). The third kappa shape index (κ3) is 21.1. The zero-order valence-corrected chi connectivity index (χ0v) is 29.0. The molecule has 1 aromatic rings. The van der Waals surface area contributed by atoms with Crippen LogP contribution in [-0.4, -0.2) is 45.7 Å². The molecule has 0 fully saturated rings. The molecule has 0 saturated heterocycles. The maximum atomic E-state index is 5.11. The quantitative estimate of drug-likeness (QED) is 0.0736. The summed E-state index contributed by atoms with van der Waals surface area (Å²) < 4.78 is 9.88. The van der Waals surface area contributed by atoms with Gasteiger partial charge in [0.25, 0.3) is 0 Å². The lowest BCUT2D eigenvalue weighted by Gasteiger charge is -2.22. The summed E-state index contributed by atoms with van der Waals surface area (Å²) in [5, 5.41) is 7.15. The molecular weight excluding hydrogens is 518 g/mol. The summed E-state index contributed by atoms with van der Waals surface area (Å²) >= 11 is 0. The van der Waals surface area contributed by atoms with Gasteiger partial charge in [-0.3, -0.25) is 4.99 Å². The van der Waals surface area contributed by atoms with Gasteiger partial charge < -0.3 is 20.1 Å². The first-order valence-corrected chi connectivity index (χ1v) is 16.0. The monoisotopic (exact) mass is 584 g/mol. The van der Waals surface area contributed by atoms with Gasteiger partial charge in [-0.1, -0.05) is 110 Å². The van der Waals surface area contributed by atoms with Crippen LogP contribution in [0.3, 0.4) is 0 Å². The molecule has 0 aliphatic rings. The van der Waals surface area contributed by atoms with Crippen LogP contribution in [-0.2, 0) is 9.47 Å². The highest BCUT2D eigenvalue weighted by molar-refractivity contribution is 6.13. The minimum Gasteiger partial charge on any atom is -0.388 e. The Balaban J connectivity index is 0. The highest BCUT2D eigenvalue weighted by Crippen LogP contribution is 2.20. The zero-order valence-electron chi connectivity index (χ0n) is 29.0. The van der Waals surface area contributed by atoms with E-state index in [1.807, 2.05) is 20.0 Å². The molecule has 0 aliphatic heterocycles. The highest BCUT2D eigenvalue weighted by Gasteiger charge is 2.12. The average Bonchev–Trinajstić information content (AvgIpc) is 2.99. The van der Waals surface area contributed by atoms with Crippen molar-refractivity contribution in [2.75, 3.05) is 39.3 Å². The lowest BCUT2D eigenvalue weighted by molar-refractivity contribution is 0.0824. The number of methoxy groups -OCH3 is 1. The van der Waals surface area contributed by atoms with Crippen LogP contribution in [0.15, 0.2) is 77.1 Å². The Morgan fingerprint density at radius 3 is 2.02 bits per heavy atom. The standard InChI is InChI=1S/C26H41N3.C7H14O2.C4H10/c1-8-14-22(15-9-2)29-23(16-10-3)19-26(28-21(6)20(5)11-4)24-17-12-13-18-25(24)27-7;1-7(2)6-9-5-4-8-3;1-3-4-2/h11-13,17-19,22,27,29H,4,8-10,14-16H2,1-3,5-7H3;1,4-6H2,2-3H3;3-4H2,1-2H3/b21-20+,23-19+,28-26-;;. The van der Waals surface area contributed by atoms with E-state index in [0.29, 0.717) is 25.9 Å². The largest absolute Gasteiger partial charge is 0.388 e. The molecule has 5 nitrogen and oxygen atoms in total. The van der Waals surface area contributed by atoms with Crippen molar-refractivity contribution in [3.8, 4) is 0 Å². The molecule has 42 heavy (non-hydrogen) atoms. The first kappa shape index (κ1) is 41.5. The number of anilines is 1. The predicted octanol–water partition coefficient (Wildman–Crippen LogP) is 10.3. The Morgan fingerprint density at radius 2 is 1.55 bits per heavy atom. The van der Waals surface area contributed by atoms with Crippen molar-refractivity contribution in [3.63, 3.8) is 0 Å². The van der Waals surface area contributed by atoms with Crippen molar-refractivity contribution in [1.29, 1.82) is 0 Å². The lowest BCUT2D eigenvalue weighted by Crippen LogP contribution is -2.29. The molecule has 0 aromatic heterocycles. The van der Waals surface area contributed by atoms with Crippen LogP contribution in [0.2, 0.25) is 0 Å². The molecule has 0 radical (unpaired) electrons. The smallest absolute Gasteiger partial charge is 0.0743 e. The van der Waals surface area contributed by atoms with Gasteiger partial charge in [-0.25, -0.2) is 0 Å². The van der Waals surface area contributed by atoms with Gasteiger partial charge >= 0.3 is 0 Å². The fourth-order valence-corrected chi connectivity index (χ4v) is 3.77. The second kappa shape index (κ2) is 28.5. The minimum atomic E-state index is 0.523. The molecule has 0 aliphatic carbocycles. The number of para-hydroxylation sites is 1. The van der Waals surface area contributed by atoms with E-state index in [1.54, 1.807) is 7.11 Å². The Bertz CT molecular complexity index is 923. The maximum absolute atomic E-state index is 5.11. The first-order valence-electron chi connectivity index (χ1n) is 16.0. The van der Waals surface area contributed by atoms with Gasteiger partial charge in [0, 0.05) is 42.8 Å². The van der Waals surface area contributed by atoms with Crippen LogP contribution in [0, 0.1) is 0 Å². The normalized spacial score (nSPS) is 12.0. The number of hydrogen-bond donors (Lipinski definition) is 2. The van der Waals surface area contributed by atoms with Crippen molar-refractivity contribution in [3.05, 3.63) is 77.7 Å². The molecule has 2 N–H and O–H groups in total. The summed E-state index contributed by atoms with van der Waals surface area (Å²) in [5.41, 5.74) is 7.59. The molecule has 0 unspecified atom stereocenters. The highest BCUT2D eigenvalue weighted by atomic mass is 16.5. The second-order valence-electron chi connectivity index (χ2n) is 10.6. The molecule has 0 saturated carbocycles.